The summed E-state index contributed by atoms with van der Waals surface area (Å²) in [5, 5.41) is 11.1. The molecule has 2 saturated carbocycles. The predicted molar refractivity (Wildman–Crippen MR) is 120 cm³/mol. The second-order valence-corrected chi connectivity index (χ2v) is 21.5. The van der Waals surface area contributed by atoms with Crippen molar-refractivity contribution in [2.24, 2.45) is 0 Å². The van der Waals surface area contributed by atoms with Gasteiger partial charge in [0.15, 0.2) is 4.51 Å². The summed E-state index contributed by atoms with van der Waals surface area (Å²) in [4.78, 5) is 0. The first-order chi connectivity index (χ1) is 8.00. The smallest absolute Gasteiger partial charge is 0.165 e. The maximum absolute atomic E-state index is 11.1. The molecule has 3 unspecified atom stereocenters. The zero-order valence-corrected chi connectivity index (χ0v) is 25.6. The molecule has 1 N–H and O–H groups in total. The molecule has 19 heavy (non-hydrogen) atoms. The summed E-state index contributed by atoms with van der Waals surface area (Å²) in [7, 11) is 0. The number of hydrogen-bond donors (Lipinski definition) is 1. The van der Waals surface area contributed by atoms with Crippen molar-refractivity contribution in [1.29, 1.82) is 0 Å². The molecule has 0 aromatic heterocycles. The van der Waals surface area contributed by atoms with Gasteiger partial charge in [-0.1, -0.05) is 159 Å². The second-order valence-electron chi connectivity index (χ2n) is 4.24. The Balaban J connectivity index is 2.99. The van der Waals surface area contributed by atoms with E-state index in [2.05, 4.69) is 175 Å². The summed E-state index contributed by atoms with van der Waals surface area (Å²) >= 11 is 40.3. The fraction of sp³-hybridized carbons (Fsp3) is 1.00. The Morgan fingerprint density at radius 2 is 0.737 bits per heavy atom. The van der Waals surface area contributed by atoms with Gasteiger partial charge in [0.1, 0.15) is 21.6 Å². The minimum Gasteiger partial charge on any atom is -0.375 e. The fourth-order valence-corrected chi connectivity index (χ4v) is 20.1. The van der Waals surface area contributed by atoms with E-state index in [1.54, 1.807) is 0 Å². The summed E-state index contributed by atoms with van der Waals surface area (Å²) in [6.07, 6.45) is 0. The molecule has 0 aliphatic heterocycles. The average Bonchev–Trinajstić information content (AvgIpc) is 2.32. The van der Waals surface area contributed by atoms with E-state index in [0.717, 1.165) is 0 Å². The minimum atomic E-state index is -1.40. The molecule has 0 aromatic carbocycles. The average molecular weight is 980 g/mol. The molecule has 112 valence electrons. The lowest BCUT2D eigenvalue weighted by Crippen LogP contribution is -2.70. The van der Waals surface area contributed by atoms with Crippen molar-refractivity contribution in [3.8, 4) is 0 Å². The van der Waals surface area contributed by atoms with Crippen LogP contribution >= 0.6 is 175 Å². The van der Waals surface area contributed by atoms with E-state index in [0.29, 0.717) is 0 Å². The summed E-state index contributed by atoms with van der Waals surface area (Å²) in [6, 6.07) is 0. The highest BCUT2D eigenvalue weighted by atomic mass is 79.9. The highest BCUT2D eigenvalue weighted by Crippen LogP contribution is 2.92. The van der Waals surface area contributed by atoms with Gasteiger partial charge in [-0.15, -0.1) is 0 Å². The van der Waals surface area contributed by atoms with Crippen LogP contribution in [0.25, 0.3) is 0 Å². The molecule has 0 spiro atoms. The Bertz CT molecular complexity index is 384. The molecule has 0 heterocycles. The third-order valence-corrected chi connectivity index (χ3v) is 26.7. The van der Waals surface area contributed by atoms with Gasteiger partial charge in [-0.3, -0.25) is 0 Å². The van der Waals surface area contributed by atoms with E-state index in [9.17, 15) is 5.11 Å². The van der Waals surface area contributed by atoms with Crippen molar-refractivity contribution in [2.75, 3.05) is 0 Å². The van der Waals surface area contributed by atoms with Crippen LogP contribution in [0.4, 0.5) is 0 Å². The van der Waals surface area contributed by atoms with Crippen molar-refractivity contribution in [3.63, 3.8) is 0 Å². The van der Waals surface area contributed by atoms with Crippen LogP contribution in [0.15, 0.2) is 0 Å². The van der Waals surface area contributed by atoms with Gasteiger partial charge >= 0.3 is 0 Å². The molecule has 2 aliphatic carbocycles. The number of halogens is 11. The van der Waals surface area contributed by atoms with E-state index in [-0.39, 0.29) is 0 Å². The third-order valence-electron chi connectivity index (χ3n) is 3.43. The van der Waals surface area contributed by atoms with Crippen LogP contribution in [0.5, 0.6) is 0 Å². The standard InChI is InChI=1S/C7HBr11O/c8-1-3(10,11)2(9,5(14,15)4(1,12)13)7(18,19)6(1,16)17/h19H. The van der Waals surface area contributed by atoms with E-state index < -0.39 is 26.1 Å². The number of hydrogen-bond acceptors (Lipinski definition) is 1. The Morgan fingerprint density at radius 1 is 0.421 bits per heavy atom. The quantitative estimate of drug-likeness (QED) is 0.253. The van der Waals surface area contributed by atoms with E-state index in [1.807, 2.05) is 0 Å². The zero-order valence-electron chi connectivity index (χ0n) is 8.10. The number of rotatable bonds is 0. The van der Waals surface area contributed by atoms with E-state index >= 15 is 0 Å². The normalized spacial score (nSPS) is 52.4. The molecule has 0 radical (unpaired) electrons. The summed E-state index contributed by atoms with van der Waals surface area (Å²) in [5.74, 6) is 0. The molecule has 0 saturated heterocycles. The Hall–Kier alpha value is 5.24. The first-order valence-corrected chi connectivity index (χ1v) is 13.0. The molecule has 0 aromatic rings. The Kier molecular flexibility index (Phi) is 5.57. The number of alkyl halides is 11. The first-order valence-electron chi connectivity index (χ1n) is 4.30. The zero-order chi connectivity index (χ0) is 15.5. The summed E-state index contributed by atoms with van der Waals surface area (Å²) in [5.41, 5.74) is 0. The maximum Gasteiger partial charge on any atom is 0.165 e. The van der Waals surface area contributed by atoms with Crippen LogP contribution < -0.4 is 0 Å². The van der Waals surface area contributed by atoms with Gasteiger partial charge in [0.05, 0.1) is 0 Å². The van der Waals surface area contributed by atoms with E-state index in [1.165, 1.54) is 0 Å². The molecular formula is C7HBr11O. The highest BCUT2D eigenvalue weighted by Gasteiger charge is 3.01. The lowest BCUT2D eigenvalue weighted by atomic mass is 9.96. The van der Waals surface area contributed by atoms with Crippen molar-refractivity contribution in [1.82, 2.24) is 0 Å². The summed E-state index contributed by atoms with van der Waals surface area (Å²) < 4.78 is -6.40. The van der Waals surface area contributed by atoms with Gasteiger partial charge in [0.2, 0.25) is 0 Å². The van der Waals surface area contributed by atoms with E-state index in [4.69, 9.17) is 0 Å². The molecule has 0 amide bonds. The first kappa shape index (κ1) is 20.6. The van der Waals surface area contributed by atoms with Gasteiger partial charge in [-0.05, 0) is 15.9 Å². The number of fused-ring (bicyclic) bond motifs is 2. The topological polar surface area (TPSA) is 20.2 Å². The highest BCUT2D eigenvalue weighted by molar-refractivity contribution is 9.33. The van der Waals surface area contributed by atoms with Gasteiger partial charge in [-0.25, -0.2) is 0 Å². The molecule has 2 fully saturated rings. The van der Waals surface area contributed by atoms with Crippen molar-refractivity contribution < 1.29 is 5.11 Å². The second kappa shape index (κ2) is 5.15. The predicted octanol–water partition coefficient (Wildman–Crippen LogP) is 7.31. The van der Waals surface area contributed by atoms with Crippen LogP contribution in [-0.2, 0) is 0 Å². The van der Waals surface area contributed by atoms with Crippen molar-refractivity contribution in [3.05, 3.63) is 0 Å². The van der Waals surface area contributed by atoms with Gasteiger partial charge in [-0.2, -0.15) is 0 Å². The Labute approximate surface area is 202 Å². The minimum absolute atomic E-state index is 0.719. The lowest BCUT2D eigenvalue weighted by molar-refractivity contribution is 0.107. The van der Waals surface area contributed by atoms with Gasteiger partial charge in [0, 0.05) is 0 Å². The molecule has 2 rings (SSSR count). The number of aliphatic hydroxyl groups is 1. The van der Waals surface area contributed by atoms with Crippen LogP contribution in [0.3, 0.4) is 0 Å². The van der Waals surface area contributed by atoms with Crippen LogP contribution in [0, 0.1) is 0 Å². The molecule has 2 bridgehead atoms. The monoisotopic (exact) mass is 969 g/mol. The fourth-order valence-electron chi connectivity index (χ4n) is 2.32. The SMILES string of the molecule is OC1(Br)C(Br)(Br)C2(Br)C(Br)(Br)C(Br)(Br)C1(Br)C2(Br)Br. The molecule has 12 heteroatoms. The Morgan fingerprint density at radius 3 is 1.00 bits per heavy atom. The van der Waals surface area contributed by atoms with Gasteiger partial charge in [0.25, 0.3) is 0 Å². The maximum atomic E-state index is 11.1. The van der Waals surface area contributed by atoms with Crippen molar-refractivity contribution in [2.45, 2.75) is 26.1 Å². The largest absolute Gasteiger partial charge is 0.375 e. The van der Waals surface area contributed by atoms with Crippen LogP contribution in [0.2, 0.25) is 0 Å². The van der Waals surface area contributed by atoms with Crippen molar-refractivity contribution >= 4 is 175 Å². The third kappa shape index (κ3) is 1.76. The van der Waals surface area contributed by atoms with Crippen LogP contribution in [0.1, 0.15) is 0 Å². The molecule has 3 atom stereocenters. The molecule has 2 aliphatic rings. The van der Waals surface area contributed by atoms with Crippen LogP contribution in [-0.4, -0.2) is 31.2 Å². The van der Waals surface area contributed by atoms with Gasteiger partial charge < -0.3 is 5.11 Å². The molecular weight excluding hydrogens is 979 g/mol. The lowest BCUT2D eigenvalue weighted by Gasteiger charge is -2.56. The summed E-state index contributed by atoms with van der Waals surface area (Å²) in [6.45, 7) is 0. The molecule has 1 nitrogen and oxygen atoms in total.